The summed E-state index contributed by atoms with van der Waals surface area (Å²) < 4.78 is 5.40. The Bertz CT molecular complexity index is 752. The lowest BCUT2D eigenvalue weighted by molar-refractivity contribution is -0.118. The summed E-state index contributed by atoms with van der Waals surface area (Å²) in [5.41, 5.74) is 1.71. The van der Waals surface area contributed by atoms with E-state index in [2.05, 4.69) is 10.6 Å². The molecule has 0 aliphatic rings. The molecule has 2 N–H and O–H groups in total. The van der Waals surface area contributed by atoms with Gasteiger partial charge in [0.2, 0.25) is 0 Å². The van der Waals surface area contributed by atoms with Crippen LogP contribution in [0.15, 0.2) is 48.5 Å². The molecule has 2 aromatic rings. The average Bonchev–Trinajstić information content (AvgIpc) is 2.66. The Balaban J connectivity index is 1.86. The van der Waals surface area contributed by atoms with Crippen LogP contribution in [0.5, 0.6) is 5.75 Å². The summed E-state index contributed by atoms with van der Waals surface area (Å²) in [4.78, 5) is 34.9. The highest BCUT2D eigenvalue weighted by atomic mass is 16.5. The summed E-state index contributed by atoms with van der Waals surface area (Å²) in [6.45, 7) is 1.65. The van der Waals surface area contributed by atoms with Crippen LogP contribution >= 0.6 is 0 Å². The van der Waals surface area contributed by atoms with Crippen LogP contribution in [0.1, 0.15) is 34.1 Å². The van der Waals surface area contributed by atoms with Crippen LogP contribution in [-0.2, 0) is 4.79 Å². The zero-order chi connectivity index (χ0) is 18.2. The number of benzene rings is 2. The van der Waals surface area contributed by atoms with Gasteiger partial charge in [-0.15, -0.1) is 0 Å². The summed E-state index contributed by atoms with van der Waals surface area (Å²) in [6, 6.07) is 13.2. The van der Waals surface area contributed by atoms with Crippen molar-refractivity contribution in [2.24, 2.45) is 0 Å². The SMILES string of the molecule is CCC(=O)c1ccc(OCC(=O)Nc2ccc(C(=O)NC)cc2)cc1. The lowest BCUT2D eigenvalue weighted by Gasteiger charge is -2.08. The molecule has 0 heterocycles. The number of nitrogens with one attached hydrogen (secondary N) is 2. The number of hydrogen-bond donors (Lipinski definition) is 2. The predicted molar refractivity (Wildman–Crippen MR) is 95.0 cm³/mol. The average molecular weight is 340 g/mol. The van der Waals surface area contributed by atoms with Gasteiger partial charge in [-0.05, 0) is 48.5 Å². The van der Waals surface area contributed by atoms with E-state index in [0.717, 1.165) is 0 Å². The lowest BCUT2D eigenvalue weighted by Crippen LogP contribution is -2.20. The molecule has 0 saturated carbocycles. The number of anilines is 1. The van der Waals surface area contributed by atoms with E-state index in [1.165, 1.54) is 0 Å². The van der Waals surface area contributed by atoms with Crippen molar-refractivity contribution < 1.29 is 19.1 Å². The van der Waals surface area contributed by atoms with Gasteiger partial charge in [0.25, 0.3) is 11.8 Å². The molecule has 0 aliphatic heterocycles. The molecular formula is C19H20N2O4. The fourth-order valence-corrected chi connectivity index (χ4v) is 2.14. The maximum absolute atomic E-state index is 11.9. The van der Waals surface area contributed by atoms with Crippen molar-refractivity contribution in [2.45, 2.75) is 13.3 Å². The number of Topliss-reactive ketones (excluding diaryl/α,β-unsaturated/α-hetero) is 1. The summed E-state index contributed by atoms with van der Waals surface area (Å²) in [6.07, 6.45) is 0.446. The van der Waals surface area contributed by atoms with E-state index in [4.69, 9.17) is 4.74 Å². The van der Waals surface area contributed by atoms with Crippen LogP contribution in [0.3, 0.4) is 0 Å². The monoisotopic (exact) mass is 340 g/mol. The Morgan fingerprint density at radius 2 is 1.52 bits per heavy atom. The molecule has 2 amide bonds. The van der Waals surface area contributed by atoms with Gasteiger partial charge >= 0.3 is 0 Å². The Morgan fingerprint density at radius 3 is 2.08 bits per heavy atom. The van der Waals surface area contributed by atoms with E-state index in [1.807, 2.05) is 0 Å². The maximum atomic E-state index is 11.9. The molecule has 0 spiro atoms. The highest BCUT2D eigenvalue weighted by Gasteiger charge is 2.07. The van der Waals surface area contributed by atoms with Crippen molar-refractivity contribution >= 4 is 23.3 Å². The van der Waals surface area contributed by atoms with Crippen molar-refractivity contribution in [2.75, 3.05) is 19.0 Å². The summed E-state index contributed by atoms with van der Waals surface area (Å²) in [7, 11) is 1.56. The minimum Gasteiger partial charge on any atom is -0.484 e. The first kappa shape index (κ1) is 18.2. The molecule has 0 aliphatic carbocycles. The minimum atomic E-state index is -0.318. The fourth-order valence-electron chi connectivity index (χ4n) is 2.14. The van der Waals surface area contributed by atoms with Crippen molar-refractivity contribution in [1.82, 2.24) is 5.32 Å². The van der Waals surface area contributed by atoms with Gasteiger partial charge in [-0.1, -0.05) is 6.92 Å². The second-order valence-corrected chi connectivity index (χ2v) is 5.29. The predicted octanol–water partition coefficient (Wildman–Crippen LogP) is 2.66. The second kappa shape index (κ2) is 8.63. The second-order valence-electron chi connectivity index (χ2n) is 5.29. The Hall–Kier alpha value is -3.15. The molecule has 0 bridgehead atoms. The van der Waals surface area contributed by atoms with Gasteiger partial charge in [0.1, 0.15) is 5.75 Å². The topological polar surface area (TPSA) is 84.5 Å². The van der Waals surface area contributed by atoms with Gasteiger partial charge < -0.3 is 15.4 Å². The van der Waals surface area contributed by atoms with E-state index in [0.29, 0.717) is 29.0 Å². The molecule has 0 aromatic heterocycles. The molecule has 0 saturated heterocycles. The maximum Gasteiger partial charge on any atom is 0.262 e. The Morgan fingerprint density at radius 1 is 0.920 bits per heavy atom. The molecule has 0 radical (unpaired) electrons. The largest absolute Gasteiger partial charge is 0.484 e. The van der Waals surface area contributed by atoms with E-state index in [9.17, 15) is 14.4 Å². The number of carbonyl (C=O) groups excluding carboxylic acids is 3. The third-order valence-electron chi connectivity index (χ3n) is 3.53. The molecule has 130 valence electrons. The Labute approximate surface area is 146 Å². The molecule has 2 aromatic carbocycles. The molecule has 2 rings (SSSR count). The first-order valence-electron chi connectivity index (χ1n) is 7.91. The number of ether oxygens (including phenoxy) is 1. The highest BCUT2D eigenvalue weighted by Crippen LogP contribution is 2.14. The van der Waals surface area contributed by atoms with Crippen molar-refractivity contribution in [3.8, 4) is 5.75 Å². The van der Waals surface area contributed by atoms with Crippen LogP contribution in [-0.4, -0.2) is 31.3 Å². The quantitative estimate of drug-likeness (QED) is 0.759. The summed E-state index contributed by atoms with van der Waals surface area (Å²) in [5.74, 6) is 0.0647. The number of amides is 2. The molecule has 0 atom stereocenters. The smallest absolute Gasteiger partial charge is 0.262 e. The zero-order valence-corrected chi connectivity index (χ0v) is 14.2. The molecule has 0 unspecified atom stereocenters. The van der Waals surface area contributed by atoms with Crippen LogP contribution in [0.2, 0.25) is 0 Å². The standard InChI is InChI=1S/C19H20N2O4/c1-3-17(22)13-6-10-16(11-7-13)25-12-18(23)21-15-8-4-14(5-9-15)19(24)20-2/h4-11H,3,12H2,1-2H3,(H,20,24)(H,21,23). The van der Waals surface area contributed by atoms with Crippen molar-refractivity contribution in [1.29, 1.82) is 0 Å². The van der Waals surface area contributed by atoms with Crippen molar-refractivity contribution in [3.05, 3.63) is 59.7 Å². The molecule has 25 heavy (non-hydrogen) atoms. The van der Waals surface area contributed by atoms with Gasteiger partial charge in [0.05, 0.1) is 0 Å². The first-order valence-corrected chi connectivity index (χ1v) is 7.91. The fraction of sp³-hybridized carbons (Fsp3) is 0.211. The molecular weight excluding hydrogens is 320 g/mol. The third-order valence-corrected chi connectivity index (χ3v) is 3.53. The summed E-state index contributed by atoms with van der Waals surface area (Å²) >= 11 is 0. The van der Waals surface area contributed by atoms with Crippen LogP contribution in [0.25, 0.3) is 0 Å². The van der Waals surface area contributed by atoms with Crippen LogP contribution < -0.4 is 15.4 Å². The van der Waals surface area contributed by atoms with E-state index in [1.54, 1.807) is 62.5 Å². The van der Waals surface area contributed by atoms with E-state index in [-0.39, 0.29) is 24.2 Å². The molecule has 6 nitrogen and oxygen atoms in total. The van der Waals surface area contributed by atoms with Crippen LogP contribution in [0, 0.1) is 0 Å². The van der Waals surface area contributed by atoms with Gasteiger partial charge in [-0.25, -0.2) is 0 Å². The number of carbonyl (C=O) groups is 3. The number of ketones is 1. The highest BCUT2D eigenvalue weighted by molar-refractivity contribution is 5.96. The van der Waals surface area contributed by atoms with Gasteiger partial charge in [-0.3, -0.25) is 14.4 Å². The third kappa shape index (κ3) is 5.17. The van der Waals surface area contributed by atoms with Gasteiger partial charge in [0, 0.05) is 30.3 Å². The van der Waals surface area contributed by atoms with Gasteiger partial charge in [-0.2, -0.15) is 0 Å². The Kier molecular flexibility index (Phi) is 6.28. The number of rotatable bonds is 7. The van der Waals surface area contributed by atoms with Crippen LogP contribution in [0.4, 0.5) is 5.69 Å². The zero-order valence-electron chi connectivity index (χ0n) is 14.2. The molecule has 0 fully saturated rings. The van der Waals surface area contributed by atoms with Gasteiger partial charge in [0.15, 0.2) is 12.4 Å². The molecule has 6 heteroatoms. The summed E-state index contributed by atoms with van der Waals surface area (Å²) in [5, 5.41) is 5.21. The van der Waals surface area contributed by atoms with Crippen molar-refractivity contribution in [3.63, 3.8) is 0 Å². The lowest BCUT2D eigenvalue weighted by atomic mass is 10.1. The van der Waals surface area contributed by atoms with E-state index >= 15 is 0 Å². The first-order chi connectivity index (χ1) is 12.0. The minimum absolute atomic E-state index is 0.0597. The number of hydrogen-bond acceptors (Lipinski definition) is 4. The van der Waals surface area contributed by atoms with E-state index < -0.39 is 0 Å². The normalized spacial score (nSPS) is 10.0.